The molecule has 1 aliphatic rings. The SMILES string of the molecule is CCN1C(=O)N(c2nc(OC(C)C)c(C=O)cc2F)NC1CO.COc1ncc(C)c(N)c1Cl. The lowest BCUT2D eigenvalue weighted by Crippen LogP contribution is -2.41. The first-order valence-electron chi connectivity index (χ1n) is 10.3. The lowest BCUT2D eigenvalue weighted by molar-refractivity contribution is 0.111. The summed E-state index contributed by atoms with van der Waals surface area (Å²) in [5.41, 5.74) is 9.63. The number of aryl methyl sites for hydroxylation is 1. The predicted octanol–water partition coefficient (Wildman–Crippen LogP) is 2.54. The summed E-state index contributed by atoms with van der Waals surface area (Å²) in [6, 6.07) is 0.414. The smallest absolute Gasteiger partial charge is 0.342 e. The van der Waals surface area contributed by atoms with Crippen molar-refractivity contribution in [3.63, 3.8) is 0 Å². The maximum Gasteiger partial charge on any atom is 0.342 e. The fraction of sp³-hybridized carbons (Fsp3) is 0.429. The van der Waals surface area contributed by atoms with Crippen LogP contribution in [0.3, 0.4) is 0 Å². The maximum atomic E-state index is 14.2. The number of aldehydes is 1. The Balaban J connectivity index is 0.000000310. The molecule has 2 amide bonds. The van der Waals surface area contributed by atoms with Crippen molar-refractivity contribution < 1.29 is 28.6 Å². The van der Waals surface area contributed by atoms with Gasteiger partial charge in [0.2, 0.25) is 11.8 Å². The standard InChI is InChI=1S/C14H19FN4O4.C7H9ClN2O/c1-4-18-11(7-21)17-19(14(18)22)12-10(15)5-9(6-20)13(16-12)23-8(2)3;1-4-3-10-7(11-2)5(8)6(4)9/h5-6,8,11,17,21H,4,7H2,1-3H3;3H,1-2H3,(H2,9,10). The van der Waals surface area contributed by atoms with E-state index in [9.17, 15) is 19.1 Å². The van der Waals surface area contributed by atoms with E-state index in [2.05, 4.69) is 15.4 Å². The molecule has 1 unspecified atom stereocenters. The minimum atomic E-state index is -0.848. The third-order valence-electron chi connectivity index (χ3n) is 4.66. The number of hydrogen-bond acceptors (Lipinski definition) is 9. The minimum Gasteiger partial charge on any atom is -0.480 e. The third-order valence-corrected chi connectivity index (χ3v) is 5.02. The van der Waals surface area contributed by atoms with Crippen LogP contribution in [-0.4, -0.2) is 64.8 Å². The number of aromatic nitrogens is 2. The Kier molecular flexibility index (Phi) is 9.36. The number of hydrogen-bond donors (Lipinski definition) is 3. The molecule has 0 aliphatic carbocycles. The van der Waals surface area contributed by atoms with Crippen molar-refractivity contribution in [2.75, 3.05) is 31.0 Å². The van der Waals surface area contributed by atoms with E-state index in [0.717, 1.165) is 16.6 Å². The summed E-state index contributed by atoms with van der Waals surface area (Å²) < 4.78 is 24.5. The van der Waals surface area contributed by atoms with Crippen molar-refractivity contribution in [3.8, 4) is 11.8 Å². The summed E-state index contributed by atoms with van der Waals surface area (Å²) in [6.45, 7) is 7.04. The fourth-order valence-electron chi connectivity index (χ4n) is 2.93. The van der Waals surface area contributed by atoms with Crippen LogP contribution in [0.2, 0.25) is 5.02 Å². The molecule has 0 bridgehead atoms. The molecule has 13 heteroatoms. The van der Waals surface area contributed by atoms with Crippen LogP contribution < -0.4 is 25.6 Å². The van der Waals surface area contributed by atoms with Gasteiger partial charge in [0.05, 0.1) is 31.1 Å². The van der Waals surface area contributed by atoms with Gasteiger partial charge >= 0.3 is 6.03 Å². The van der Waals surface area contributed by atoms with Gasteiger partial charge < -0.3 is 25.2 Å². The largest absolute Gasteiger partial charge is 0.480 e. The summed E-state index contributed by atoms with van der Waals surface area (Å²) in [6.07, 6.45) is 1.11. The van der Waals surface area contributed by atoms with E-state index in [0.29, 0.717) is 29.4 Å². The zero-order valence-corrected chi connectivity index (χ0v) is 20.3. The topological polar surface area (TPSA) is 143 Å². The van der Waals surface area contributed by atoms with Crippen LogP contribution in [0.1, 0.15) is 36.7 Å². The number of aliphatic hydroxyl groups excluding tert-OH is 1. The number of rotatable bonds is 7. The molecule has 186 valence electrons. The lowest BCUT2D eigenvalue weighted by Gasteiger charge is -2.18. The molecule has 1 atom stereocenters. The van der Waals surface area contributed by atoms with Crippen molar-refractivity contribution in [1.29, 1.82) is 0 Å². The molecule has 4 N–H and O–H groups in total. The van der Waals surface area contributed by atoms with Crippen LogP contribution in [0, 0.1) is 12.7 Å². The van der Waals surface area contributed by atoms with E-state index in [4.69, 9.17) is 26.8 Å². The second kappa shape index (κ2) is 11.8. The van der Waals surface area contributed by atoms with Gasteiger partial charge in [0.15, 0.2) is 17.9 Å². The average Bonchev–Trinajstić information content (AvgIpc) is 3.13. The molecule has 34 heavy (non-hydrogen) atoms. The third kappa shape index (κ3) is 5.82. The van der Waals surface area contributed by atoms with E-state index in [1.165, 1.54) is 12.0 Å². The number of aliphatic hydroxyl groups is 1. The van der Waals surface area contributed by atoms with Gasteiger partial charge in [-0.25, -0.2) is 19.2 Å². The highest BCUT2D eigenvalue weighted by Gasteiger charge is 2.38. The van der Waals surface area contributed by atoms with Crippen LogP contribution in [-0.2, 0) is 0 Å². The number of amides is 2. The quantitative estimate of drug-likeness (QED) is 0.490. The molecule has 3 rings (SSSR count). The molecule has 2 aromatic rings. The number of hydrazine groups is 1. The maximum absolute atomic E-state index is 14.2. The Labute approximate surface area is 201 Å². The molecule has 0 spiro atoms. The molecular weight excluding hydrogens is 471 g/mol. The van der Waals surface area contributed by atoms with E-state index >= 15 is 0 Å². The van der Waals surface area contributed by atoms with Gasteiger partial charge in [-0.3, -0.25) is 4.79 Å². The number of methoxy groups -OCH3 is 1. The number of anilines is 2. The van der Waals surface area contributed by atoms with Gasteiger partial charge in [0.1, 0.15) is 11.2 Å². The highest BCUT2D eigenvalue weighted by Crippen LogP contribution is 2.29. The second-order valence-electron chi connectivity index (χ2n) is 7.38. The number of likely N-dealkylation sites (N-methyl/N-ethyl adjacent to an activating group) is 1. The van der Waals surface area contributed by atoms with Gasteiger partial charge in [-0.2, -0.15) is 10.4 Å². The van der Waals surface area contributed by atoms with Crippen molar-refractivity contribution in [2.24, 2.45) is 0 Å². The fourth-order valence-corrected chi connectivity index (χ4v) is 3.21. The molecule has 2 aromatic heterocycles. The number of nitrogen functional groups attached to an aromatic ring is 1. The van der Waals surface area contributed by atoms with Gasteiger partial charge in [-0.15, -0.1) is 0 Å². The minimum absolute atomic E-state index is 0.0438. The molecular formula is C21H28ClFN6O5. The van der Waals surface area contributed by atoms with Crippen molar-refractivity contribution in [3.05, 3.63) is 34.2 Å². The Morgan fingerprint density at radius 2 is 2.09 bits per heavy atom. The van der Waals surface area contributed by atoms with Gasteiger partial charge in [0.25, 0.3) is 0 Å². The Bertz CT molecular complexity index is 1040. The van der Waals surface area contributed by atoms with Gasteiger partial charge in [0, 0.05) is 12.7 Å². The highest BCUT2D eigenvalue weighted by atomic mass is 35.5. The Morgan fingerprint density at radius 3 is 2.59 bits per heavy atom. The van der Waals surface area contributed by atoms with E-state index in [1.54, 1.807) is 27.0 Å². The second-order valence-corrected chi connectivity index (χ2v) is 7.76. The summed E-state index contributed by atoms with van der Waals surface area (Å²) in [5.74, 6) is -0.851. The van der Waals surface area contributed by atoms with Crippen molar-refractivity contribution in [2.45, 2.75) is 40.0 Å². The van der Waals surface area contributed by atoms with Crippen LogP contribution in [0.5, 0.6) is 11.8 Å². The van der Waals surface area contributed by atoms with Crippen LogP contribution >= 0.6 is 11.6 Å². The zero-order chi connectivity index (χ0) is 25.6. The molecule has 1 fully saturated rings. The van der Waals surface area contributed by atoms with Crippen LogP contribution in [0.15, 0.2) is 12.3 Å². The molecule has 1 saturated heterocycles. The predicted molar refractivity (Wildman–Crippen MR) is 125 cm³/mol. The summed E-state index contributed by atoms with van der Waals surface area (Å²) in [7, 11) is 1.50. The average molecular weight is 499 g/mol. The molecule has 1 aliphatic heterocycles. The van der Waals surface area contributed by atoms with Crippen LogP contribution in [0.25, 0.3) is 0 Å². The monoisotopic (exact) mass is 498 g/mol. The first-order chi connectivity index (χ1) is 16.1. The number of carbonyl (C=O) groups excluding carboxylic acids is 2. The summed E-state index contributed by atoms with van der Waals surface area (Å²) in [4.78, 5) is 32.6. The molecule has 11 nitrogen and oxygen atoms in total. The van der Waals surface area contributed by atoms with Crippen molar-refractivity contribution >= 4 is 35.4 Å². The zero-order valence-electron chi connectivity index (χ0n) is 19.5. The summed E-state index contributed by atoms with van der Waals surface area (Å²) >= 11 is 5.79. The van der Waals surface area contributed by atoms with E-state index in [-0.39, 0.29) is 30.0 Å². The van der Waals surface area contributed by atoms with E-state index in [1.807, 2.05) is 6.92 Å². The number of nitrogens with two attached hydrogens (primary N) is 1. The van der Waals surface area contributed by atoms with Gasteiger partial charge in [-0.05, 0) is 39.3 Å². The first-order valence-corrected chi connectivity index (χ1v) is 10.7. The number of pyridine rings is 2. The van der Waals surface area contributed by atoms with Crippen LogP contribution in [0.4, 0.5) is 20.7 Å². The first kappa shape index (κ1) is 27.0. The molecule has 3 heterocycles. The number of urea groups is 1. The van der Waals surface area contributed by atoms with Gasteiger partial charge in [-0.1, -0.05) is 11.6 Å². The summed E-state index contributed by atoms with van der Waals surface area (Å²) in [5, 5.41) is 10.6. The van der Waals surface area contributed by atoms with Crippen molar-refractivity contribution in [1.82, 2.24) is 20.3 Å². The van der Waals surface area contributed by atoms with E-state index < -0.39 is 18.0 Å². The number of nitrogens with one attached hydrogen (secondary N) is 1. The number of carbonyl (C=O) groups is 2. The lowest BCUT2D eigenvalue weighted by atomic mass is 10.2. The Morgan fingerprint density at radius 1 is 1.41 bits per heavy atom. The number of ether oxygens (including phenoxy) is 2. The number of nitrogens with zero attached hydrogens (tertiary/aromatic N) is 4. The molecule has 0 radical (unpaired) electrons. The highest BCUT2D eigenvalue weighted by molar-refractivity contribution is 6.34. The Hall–Kier alpha value is -3.22. The number of halogens is 2. The normalized spacial score (nSPS) is 15.3. The molecule has 0 aromatic carbocycles. The molecule has 0 saturated carbocycles.